The molecule has 164 valence electrons. The Labute approximate surface area is 178 Å². The van der Waals surface area contributed by atoms with Crippen molar-refractivity contribution in [2.45, 2.75) is 12.3 Å². The molecule has 0 aliphatic rings. The topological polar surface area (TPSA) is 104 Å². The molecule has 1 unspecified atom stereocenters. The third-order valence-corrected chi connectivity index (χ3v) is 4.69. The zero-order valence-electron chi connectivity index (χ0n) is 16.2. The molecule has 3 N–H and O–H groups in total. The smallest absolute Gasteiger partial charge is 0.393 e. The molecule has 0 aliphatic carbocycles. The minimum absolute atomic E-state index is 0.0384. The summed E-state index contributed by atoms with van der Waals surface area (Å²) in [7, 11) is 0. The molecule has 4 aromatic rings. The van der Waals surface area contributed by atoms with Gasteiger partial charge in [-0.05, 0) is 30.3 Å². The van der Waals surface area contributed by atoms with Crippen LogP contribution in [0, 0.1) is 5.82 Å². The highest BCUT2D eigenvalue weighted by Gasteiger charge is 2.30. The molecule has 1 aromatic carbocycles. The first-order valence-electron chi connectivity index (χ1n) is 9.26. The number of aliphatic hydroxyl groups is 2. The second kappa shape index (κ2) is 8.44. The van der Waals surface area contributed by atoms with Crippen molar-refractivity contribution in [3.8, 4) is 11.3 Å². The number of benzene rings is 1. The van der Waals surface area contributed by atoms with Crippen molar-refractivity contribution in [2.24, 2.45) is 0 Å². The summed E-state index contributed by atoms with van der Waals surface area (Å²) in [5.41, 5.74) is -0.247. The van der Waals surface area contributed by atoms with Gasteiger partial charge < -0.3 is 15.5 Å². The molecule has 0 bridgehead atoms. The number of nitrogens with zero attached hydrogens (tertiary/aromatic N) is 4. The number of anilines is 2. The number of fused-ring (bicyclic) bond motifs is 1. The summed E-state index contributed by atoms with van der Waals surface area (Å²) in [4.78, 5) is 7.80. The molecule has 1 atom stereocenters. The summed E-state index contributed by atoms with van der Waals surface area (Å²) in [6.45, 7) is -0.557. The summed E-state index contributed by atoms with van der Waals surface area (Å²) in [6, 6.07) is 8.05. The van der Waals surface area contributed by atoms with Crippen LogP contribution in [-0.4, -0.2) is 37.0 Å². The van der Waals surface area contributed by atoms with Crippen LogP contribution < -0.4 is 5.32 Å². The van der Waals surface area contributed by atoms with Gasteiger partial charge in [0.25, 0.3) is 0 Å². The average molecular weight is 445 g/mol. The quantitative estimate of drug-likeness (QED) is 0.399. The molecular weight excluding hydrogens is 430 g/mol. The molecule has 11 heteroatoms. The van der Waals surface area contributed by atoms with E-state index in [0.717, 1.165) is 12.1 Å². The van der Waals surface area contributed by atoms with Crippen LogP contribution in [0.25, 0.3) is 22.0 Å². The Bertz CT molecular complexity index is 1270. The number of halogens is 4. The monoisotopic (exact) mass is 445 g/mol. The summed E-state index contributed by atoms with van der Waals surface area (Å²) in [5, 5.41) is 30.4. The Balaban J connectivity index is 1.64. The Morgan fingerprint density at radius 3 is 2.47 bits per heavy atom. The molecule has 0 saturated heterocycles. The van der Waals surface area contributed by atoms with Crippen LogP contribution in [0.1, 0.15) is 17.2 Å². The fourth-order valence-electron chi connectivity index (χ4n) is 3.04. The van der Waals surface area contributed by atoms with Crippen LogP contribution in [0.2, 0.25) is 0 Å². The normalized spacial score (nSPS) is 12.7. The molecule has 3 aromatic heterocycles. The second-order valence-electron chi connectivity index (χ2n) is 6.85. The molecule has 0 amide bonds. The van der Waals surface area contributed by atoms with Crippen molar-refractivity contribution in [1.29, 1.82) is 0 Å². The highest BCUT2D eigenvalue weighted by Crippen LogP contribution is 2.31. The van der Waals surface area contributed by atoms with E-state index in [1.807, 2.05) is 0 Å². The van der Waals surface area contributed by atoms with Gasteiger partial charge in [-0.1, -0.05) is 6.07 Å². The van der Waals surface area contributed by atoms with Gasteiger partial charge in [0, 0.05) is 34.3 Å². The zero-order chi connectivity index (χ0) is 22.9. The van der Waals surface area contributed by atoms with Gasteiger partial charge in [0.1, 0.15) is 23.4 Å². The fraction of sp³-hybridized carbons (Fsp3) is 0.143. The Morgan fingerprint density at radius 2 is 1.81 bits per heavy atom. The van der Waals surface area contributed by atoms with E-state index in [-0.39, 0.29) is 22.9 Å². The number of rotatable bonds is 5. The van der Waals surface area contributed by atoms with E-state index < -0.39 is 30.3 Å². The van der Waals surface area contributed by atoms with E-state index in [1.165, 1.54) is 18.5 Å². The highest BCUT2D eigenvalue weighted by molar-refractivity contribution is 5.94. The lowest BCUT2D eigenvalue weighted by Crippen LogP contribution is -2.06. The van der Waals surface area contributed by atoms with E-state index >= 15 is 0 Å². The summed E-state index contributed by atoms with van der Waals surface area (Å²) in [5.74, 6) is -0.269. The molecule has 0 fully saturated rings. The second-order valence-corrected chi connectivity index (χ2v) is 6.85. The number of aliphatic hydroxyl groups excluding tert-OH is 2. The van der Waals surface area contributed by atoms with Gasteiger partial charge in [-0.3, -0.25) is 4.98 Å². The maximum absolute atomic E-state index is 14.5. The van der Waals surface area contributed by atoms with Gasteiger partial charge in [-0.15, -0.1) is 5.10 Å². The lowest BCUT2D eigenvalue weighted by Gasteiger charge is -2.11. The maximum Gasteiger partial charge on any atom is 0.417 e. The van der Waals surface area contributed by atoms with Crippen molar-refractivity contribution in [1.82, 2.24) is 20.2 Å². The Morgan fingerprint density at radius 1 is 1.00 bits per heavy atom. The molecule has 0 spiro atoms. The first-order valence-corrected chi connectivity index (χ1v) is 9.26. The predicted octanol–water partition coefficient (Wildman–Crippen LogP) is 4.01. The Kier molecular flexibility index (Phi) is 5.68. The van der Waals surface area contributed by atoms with E-state index in [2.05, 4.69) is 25.5 Å². The fourth-order valence-corrected chi connectivity index (χ4v) is 3.04. The average Bonchev–Trinajstić information content (AvgIpc) is 2.78. The van der Waals surface area contributed by atoms with E-state index in [4.69, 9.17) is 5.11 Å². The lowest BCUT2D eigenvalue weighted by atomic mass is 10.0. The zero-order valence-corrected chi connectivity index (χ0v) is 16.2. The van der Waals surface area contributed by atoms with E-state index in [0.29, 0.717) is 22.5 Å². The lowest BCUT2D eigenvalue weighted by molar-refractivity contribution is -0.137. The molecular formula is C21H15F4N5O2. The van der Waals surface area contributed by atoms with Crippen LogP contribution in [0.15, 0.2) is 55.0 Å². The van der Waals surface area contributed by atoms with E-state index in [9.17, 15) is 22.7 Å². The molecule has 0 saturated carbocycles. The van der Waals surface area contributed by atoms with Gasteiger partial charge in [0.15, 0.2) is 5.82 Å². The number of hydrogen-bond donors (Lipinski definition) is 3. The van der Waals surface area contributed by atoms with Crippen LogP contribution in [0.4, 0.5) is 29.2 Å². The molecule has 3 heterocycles. The maximum atomic E-state index is 14.5. The van der Waals surface area contributed by atoms with Gasteiger partial charge in [-0.2, -0.15) is 18.3 Å². The number of aromatic nitrogens is 4. The summed E-state index contributed by atoms with van der Waals surface area (Å²) >= 11 is 0. The predicted molar refractivity (Wildman–Crippen MR) is 107 cm³/mol. The first kappa shape index (κ1) is 21.5. The van der Waals surface area contributed by atoms with Gasteiger partial charge >= 0.3 is 6.18 Å². The Hall–Kier alpha value is -3.70. The van der Waals surface area contributed by atoms with Crippen LogP contribution >= 0.6 is 0 Å². The van der Waals surface area contributed by atoms with Crippen molar-refractivity contribution in [3.05, 3.63) is 71.9 Å². The van der Waals surface area contributed by atoms with Crippen molar-refractivity contribution in [2.75, 3.05) is 11.9 Å². The van der Waals surface area contributed by atoms with Crippen LogP contribution in [0.5, 0.6) is 0 Å². The van der Waals surface area contributed by atoms with Crippen molar-refractivity contribution in [3.63, 3.8) is 0 Å². The standard InChI is InChI=1S/C21H15F4N5O2/c22-16-6-13(17(32)10-31)7-27-19(16)11-1-3-15-12(5-11)8-28-30-20(15)29-18-4-2-14(9-26-18)21(23,24)25/h1-9,17,31-32H,10H2,(H,26,29,30). The van der Waals surface area contributed by atoms with E-state index in [1.54, 1.807) is 18.2 Å². The molecule has 0 radical (unpaired) electrons. The number of hydrogen-bond acceptors (Lipinski definition) is 7. The molecule has 0 aliphatic heterocycles. The summed E-state index contributed by atoms with van der Waals surface area (Å²) < 4.78 is 52.6. The third kappa shape index (κ3) is 4.34. The van der Waals surface area contributed by atoms with Crippen LogP contribution in [-0.2, 0) is 6.18 Å². The van der Waals surface area contributed by atoms with Crippen molar-refractivity contribution >= 4 is 22.4 Å². The molecule has 4 rings (SSSR count). The van der Waals surface area contributed by atoms with Gasteiger partial charge in [-0.25, -0.2) is 9.37 Å². The van der Waals surface area contributed by atoms with Gasteiger partial charge in [0.05, 0.1) is 18.4 Å². The first-order chi connectivity index (χ1) is 15.3. The van der Waals surface area contributed by atoms with Gasteiger partial charge in [0.2, 0.25) is 0 Å². The minimum Gasteiger partial charge on any atom is -0.393 e. The van der Waals surface area contributed by atoms with Crippen molar-refractivity contribution < 1.29 is 27.8 Å². The number of nitrogens with one attached hydrogen (secondary N) is 1. The highest BCUT2D eigenvalue weighted by atomic mass is 19.4. The largest absolute Gasteiger partial charge is 0.417 e. The number of pyridine rings is 2. The SMILES string of the molecule is OCC(O)c1cnc(-c2ccc3c(Nc4ccc(C(F)(F)F)cn4)nncc3c2)c(F)c1. The molecule has 32 heavy (non-hydrogen) atoms. The number of alkyl halides is 3. The minimum atomic E-state index is -4.49. The third-order valence-electron chi connectivity index (χ3n) is 4.69. The molecule has 7 nitrogen and oxygen atoms in total. The van der Waals surface area contributed by atoms with Crippen LogP contribution in [0.3, 0.4) is 0 Å². The summed E-state index contributed by atoms with van der Waals surface area (Å²) in [6.07, 6.45) is -2.28.